The summed E-state index contributed by atoms with van der Waals surface area (Å²) in [6.45, 7) is 13.5. The van der Waals surface area contributed by atoms with Gasteiger partial charge in [-0.25, -0.2) is 0 Å². The van der Waals surface area contributed by atoms with Gasteiger partial charge in [-0.2, -0.15) is 0 Å². The van der Waals surface area contributed by atoms with E-state index in [2.05, 4.69) is 86.4 Å². The molecule has 0 saturated heterocycles. The molecule has 1 aliphatic heterocycles. The van der Waals surface area contributed by atoms with Crippen molar-refractivity contribution >= 4 is 10.9 Å². The highest BCUT2D eigenvalue weighted by Gasteiger charge is 2.20. The van der Waals surface area contributed by atoms with Crippen molar-refractivity contribution < 1.29 is 0 Å². The van der Waals surface area contributed by atoms with Crippen molar-refractivity contribution in [1.29, 1.82) is 0 Å². The maximum absolute atomic E-state index is 3.64. The van der Waals surface area contributed by atoms with Crippen LogP contribution in [0.4, 0.5) is 0 Å². The first-order valence-corrected chi connectivity index (χ1v) is 9.84. The van der Waals surface area contributed by atoms with Crippen LogP contribution in [-0.2, 0) is 19.5 Å². The van der Waals surface area contributed by atoms with Crippen LogP contribution in [0.15, 0.2) is 60.7 Å². The second-order valence-corrected chi connectivity index (χ2v) is 6.96. The number of allylic oxidation sites excluding steroid dienone is 5. The van der Waals surface area contributed by atoms with Crippen LogP contribution in [0.5, 0.6) is 0 Å². The topological polar surface area (TPSA) is 8.17 Å². The van der Waals surface area contributed by atoms with Crippen LogP contribution in [0.25, 0.3) is 10.9 Å². The quantitative estimate of drug-likeness (QED) is 0.465. The van der Waals surface area contributed by atoms with E-state index in [1.54, 1.807) is 11.3 Å². The Labute approximate surface area is 159 Å². The highest BCUT2D eigenvalue weighted by molar-refractivity contribution is 5.85. The van der Waals surface area contributed by atoms with E-state index in [1.165, 1.54) is 29.4 Å². The van der Waals surface area contributed by atoms with Crippen LogP contribution in [0.2, 0.25) is 0 Å². The van der Waals surface area contributed by atoms with Gasteiger partial charge >= 0.3 is 0 Å². The van der Waals surface area contributed by atoms with Crippen molar-refractivity contribution in [2.75, 3.05) is 13.6 Å². The van der Waals surface area contributed by atoms with Gasteiger partial charge in [-0.15, -0.1) is 6.58 Å². The van der Waals surface area contributed by atoms with Crippen LogP contribution in [0.3, 0.4) is 0 Å². The van der Waals surface area contributed by atoms with Gasteiger partial charge in [0.05, 0.1) is 0 Å². The summed E-state index contributed by atoms with van der Waals surface area (Å²) < 4.78 is 2.48. The molecule has 2 nitrogen and oxygen atoms in total. The molecule has 0 amide bonds. The van der Waals surface area contributed by atoms with E-state index in [1.807, 2.05) is 6.08 Å². The minimum atomic E-state index is 0.972. The van der Waals surface area contributed by atoms with Crippen LogP contribution < -0.4 is 0 Å². The zero-order chi connectivity index (χ0) is 18.9. The first kappa shape index (κ1) is 20.3. The Balaban J connectivity index is 0.000000213. The summed E-state index contributed by atoms with van der Waals surface area (Å²) in [7, 11) is 2.21. The molecular formula is C24H34N2. The summed E-state index contributed by atoms with van der Waals surface area (Å²) in [6.07, 6.45) is 11.6. The third-order valence-corrected chi connectivity index (χ3v) is 4.89. The number of rotatable bonds is 5. The molecular weight excluding hydrogens is 316 g/mol. The molecule has 1 aromatic carbocycles. The SMILES string of the molecule is C=CCC=C(C)/C=C\CC.CCn1c2c(c3ccccc31)CN(C)CC2. The van der Waals surface area contributed by atoms with Gasteiger partial charge in [0.25, 0.3) is 0 Å². The van der Waals surface area contributed by atoms with Gasteiger partial charge in [0.15, 0.2) is 0 Å². The molecule has 0 saturated carbocycles. The van der Waals surface area contributed by atoms with Crippen molar-refractivity contribution in [3.63, 3.8) is 0 Å². The van der Waals surface area contributed by atoms with Gasteiger partial charge in [-0.05, 0) is 45.4 Å². The monoisotopic (exact) mass is 350 g/mol. The number of hydrogen-bond acceptors (Lipinski definition) is 1. The van der Waals surface area contributed by atoms with E-state index < -0.39 is 0 Å². The number of hydrogen-bond donors (Lipinski definition) is 0. The molecule has 1 aromatic heterocycles. The summed E-state index contributed by atoms with van der Waals surface area (Å²) >= 11 is 0. The Morgan fingerprint density at radius 3 is 2.69 bits per heavy atom. The number of benzene rings is 1. The Morgan fingerprint density at radius 2 is 2.00 bits per heavy atom. The molecule has 1 aliphatic rings. The fraction of sp³-hybridized carbons (Fsp3) is 0.417. The highest BCUT2D eigenvalue weighted by Crippen LogP contribution is 2.30. The lowest BCUT2D eigenvalue weighted by Gasteiger charge is -2.24. The number of para-hydroxylation sites is 1. The normalized spacial score (nSPS) is 15.0. The summed E-state index contributed by atoms with van der Waals surface area (Å²) in [4.78, 5) is 2.41. The van der Waals surface area contributed by atoms with Crippen molar-refractivity contribution in [3.05, 3.63) is 72.0 Å². The second kappa shape index (κ2) is 10.2. The Kier molecular flexibility index (Phi) is 7.93. The fourth-order valence-electron chi connectivity index (χ4n) is 3.54. The number of nitrogens with zero attached hydrogens (tertiary/aromatic N) is 2. The third-order valence-electron chi connectivity index (χ3n) is 4.89. The third kappa shape index (κ3) is 4.98. The zero-order valence-electron chi connectivity index (χ0n) is 17.0. The smallest absolute Gasteiger partial charge is 0.0485 e. The maximum atomic E-state index is 3.64. The van der Waals surface area contributed by atoms with Gasteiger partial charge in [-0.3, -0.25) is 0 Å². The molecule has 2 aromatic rings. The van der Waals surface area contributed by atoms with E-state index in [0.29, 0.717) is 0 Å². The standard InChI is InChI=1S/C14H18N2.C10H16/c1-3-16-13-7-5-4-6-11(13)12-10-15(2)9-8-14(12)16;1-4-6-8-10(3)9-7-5-2/h4-7H,3,8-10H2,1-2H3;4,7-9H,1,5-6H2,2-3H3/b;9-7-,10-8?. The predicted octanol–water partition coefficient (Wildman–Crippen LogP) is 6.12. The second-order valence-electron chi connectivity index (χ2n) is 6.96. The van der Waals surface area contributed by atoms with Crippen LogP contribution in [0, 0.1) is 0 Å². The van der Waals surface area contributed by atoms with E-state index in [9.17, 15) is 0 Å². The van der Waals surface area contributed by atoms with Gasteiger partial charge in [0.1, 0.15) is 0 Å². The molecule has 2 heteroatoms. The Hall–Kier alpha value is -2.06. The Morgan fingerprint density at radius 1 is 1.23 bits per heavy atom. The fourth-order valence-corrected chi connectivity index (χ4v) is 3.54. The van der Waals surface area contributed by atoms with Gasteiger partial charge in [-0.1, -0.05) is 55.0 Å². The van der Waals surface area contributed by atoms with E-state index in [-0.39, 0.29) is 0 Å². The molecule has 0 radical (unpaired) electrons. The largest absolute Gasteiger partial charge is 0.344 e. The van der Waals surface area contributed by atoms with Crippen molar-refractivity contribution in [2.24, 2.45) is 0 Å². The lowest BCUT2D eigenvalue weighted by atomic mass is 10.1. The molecule has 140 valence electrons. The first-order chi connectivity index (χ1) is 12.6. The molecule has 0 atom stereocenters. The lowest BCUT2D eigenvalue weighted by molar-refractivity contribution is 0.309. The first-order valence-electron chi connectivity index (χ1n) is 9.84. The number of fused-ring (bicyclic) bond motifs is 3. The summed E-state index contributed by atoms with van der Waals surface area (Å²) in [5.74, 6) is 0. The average molecular weight is 351 g/mol. The molecule has 0 bridgehead atoms. The molecule has 0 spiro atoms. The predicted molar refractivity (Wildman–Crippen MR) is 116 cm³/mol. The molecule has 0 N–H and O–H groups in total. The van der Waals surface area contributed by atoms with Crippen molar-refractivity contribution in [1.82, 2.24) is 9.47 Å². The van der Waals surface area contributed by atoms with Gasteiger partial charge in [0.2, 0.25) is 0 Å². The molecule has 0 aliphatic carbocycles. The number of aryl methyl sites for hydroxylation is 1. The minimum Gasteiger partial charge on any atom is -0.344 e. The molecule has 0 fully saturated rings. The molecule has 2 heterocycles. The average Bonchev–Trinajstić information content (AvgIpc) is 2.98. The summed E-state index contributed by atoms with van der Waals surface area (Å²) in [5.41, 5.74) is 5.83. The van der Waals surface area contributed by atoms with Gasteiger partial charge < -0.3 is 9.47 Å². The zero-order valence-corrected chi connectivity index (χ0v) is 17.0. The molecule has 26 heavy (non-hydrogen) atoms. The molecule has 0 unspecified atom stereocenters. The van der Waals surface area contributed by atoms with Crippen LogP contribution in [0.1, 0.15) is 44.9 Å². The van der Waals surface area contributed by atoms with E-state index in [0.717, 1.165) is 25.9 Å². The summed E-state index contributed by atoms with van der Waals surface area (Å²) in [6, 6.07) is 8.80. The number of likely N-dealkylation sites (N-methyl/N-ethyl adjacent to an activating group) is 1. The maximum Gasteiger partial charge on any atom is 0.0485 e. The highest BCUT2D eigenvalue weighted by atomic mass is 15.1. The van der Waals surface area contributed by atoms with Gasteiger partial charge in [0, 0.05) is 42.7 Å². The van der Waals surface area contributed by atoms with Crippen LogP contribution >= 0.6 is 0 Å². The van der Waals surface area contributed by atoms with Crippen molar-refractivity contribution in [2.45, 2.75) is 53.1 Å². The number of aromatic nitrogens is 1. The van der Waals surface area contributed by atoms with E-state index in [4.69, 9.17) is 0 Å². The lowest BCUT2D eigenvalue weighted by Crippen LogP contribution is -2.27. The van der Waals surface area contributed by atoms with Crippen LogP contribution in [-0.4, -0.2) is 23.1 Å². The van der Waals surface area contributed by atoms with Crippen molar-refractivity contribution in [3.8, 4) is 0 Å². The van der Waals surface area contributed by atoms with E-state index >= 15 is 0 Å². The summed E-state index contributed by atoms with van der Waals surface area (Å²) in [5, 5.41) is 1.45. The molecule has 3 rings (SSSR count). The Bertz CT molecular complexity index is 777. The minimum absolute atomic E-state index is 0.972.